The first kappa shape index (κ1) is 20.5. The smallest absolute Gasteiger partial charge is 0.173 e. The van der Waals surface area contributed by atoms with Crippen LogP contribution in [0.15, 0.2) is 42.2 Å². The monoisotopic (exact) mass is 440 g/mol. The van der Waals surface area contributed by atoms with Crippen molar-refractivity contribution in [2.75, 3.05) is 0 Å². The topological polar surface area (TPSA) is 72.3 Å². The molecule has 1 aliphatic carbocycles. The lowest BCUT2D eigenvalue weighted by atomic mass is 9.73. The van der Waals surface area contributed by atoms with Crippen molar-refractivity contribution in [2.45, 2.75) is 58.7 Å². The largest absolute Gasteiger partial charge is 0.511 e. The van der Waals surface area contributed by atoms with E-state index < -0.39 is 0 Å². The number of carbonyl (C=O) groups excluding carboxylic acids is 1. The maximum absolute atomic E-state index is 13.6. The Bertz CT molecular complexity index is 1340. The molecule has 5 nitrogen and oxygen atoms in total. The Hall–Kier alpha value is -3.05. The molecule has 0 saturated carbocycles. The van der Waals surface area contributed by atoms with Crippen molar-refractivity contribution in [2.24, 2.45) is 11.8 Å². The Morgan fingerprint density at radius 2 is 1.70 bits per heavy atom. The van der Waals surface area contributed by atoms with Crippen LogP contribution in [0.4, 0.5) is 0 Å². The standard InChI is InChI=1S/C28H28N2O3/c1-5-17-25(30-19-9-7-6-8-18(19)29-17)16-12-20-22-24(28(16)33-20)27(32)23(26(22)31)21-14(3)10-13(2)11-15(21)4/h6-11,16,20,22,24,28,32H,5,12H2,1-4H3/t16-,20-,22-,24+,28+/m0/s1. The zero-order valence-electron chi connectivity index (χ0n) is 19.4. The van der Waals surface area contributed by atoms with Crippen molar-refractivity contribution in [3.63, 3.8) is 0 Å². The molecule has 2 saturated heterocycles. The molecule has 2 aromatic carbocycles. The average Bonchev–Trinajstić information content (AvgIpc) is 3.45. The molecule has 2 fully saturated rings. The summed E-state index contributed by atoms with van der Waals surface area (Å²) in [6, 6.07) is 12.1. The van der Waals surface area contributed by atoms with E-state index >= 15 is 0 Å². The fourth-order valence-corrected chi connectivity index (χ4v) is 6.56. The van der Waals surface area contributed by atoms with Crippen LogP contribution in [0.5, 0.6) is 0 Å². The van der Waals surface area contributed by atoms with Crippen LogP contribution in [0.2, 0.25) is 0 Å². The van der Waals surface area contributed by atoms with Gasteiger partial charge in [0.1, 0.15) is 5.76 Å². The molecule has 3 aliphatic rings. The van der Waals surface area contributed by atoms with Crippen LogP contribution >= 0.6 is 0 Å². The number of aromatic nitrogens is 2. The normalized spacial score (nSPS) is 28.2. The number of carbonyl (C=O) groups is 1. The number of nitrogens with zero attached hydrogens (tertiary/aromatic N) is 2. The maximum Gasteiger partial charge on any atom is 0.173 e. The summed E-state index contributed by atoms with van der Waals surface area (Å²) < 4.78 is 6.34. The van der Waals surface area contributed by atoms with Gasteiger partial charge in [-0.1, -0.05) is 36.8 Å². The van der Waals surface area contributed by atoms with Gasteiger partial charge in [0.15, 0.2) is 5.78 Å². The van der Waals surface area contributed by atoms with Gasteiger partial charge in [-0.05, 0) is 62.4 Å². The Balaban J connectivity index is 1.44. The van der Waals surface area contributed by atoms with Crippen molar-refractivity contribution < 1.29 is 14.6 Å². The maximum atomic E-state index is 13.6. The number of ketones is 1. The molecule has 3 aromatic rings. The number of aliphatic hydroxyl groups excluding tert-OH is 1. The third-order valence-corrected chi connectivity index (χ3v) is 7.76. The second-order valence-corrected chi connectivity index (χ2v) is 9.83. The highest BCUT2D eigenvalue weighted by Gasteiger charge is 2.63. The second kappa shape index (κ2) is 7.22. The number of hydrogen-bond donors (Lipinski definition) is 1. The summed E-state index contributed by atoms with van der Waals surface area (Å²) in [6.45, 7) is 8.18. The summed E-state index contributed by atoms with van der Waals surface area (Å²) in [6.07, 6.45) is 1.07. The van der Waals surface area contributed by atoms with Gasteiger partial charge in [-0.15, -0.1) is 0 Å². The van der Waals surface area contributed by atoms with Gasteiger partial charge in [0.25, 0.3) is 0 Å². The molecule has 2 bridgehead atoms. The first-order valence-electron chi connectivity index (χ1n) is 11.9. The number of aryl methyl sites for hydroxylation is 4. The van der Waals surface area contributed by atoms with Crippen LogP contribution in [0, 0.1) is 32.6 Å². The highest BCUT2D eigenvalue weighted by Crippen LogP contribution is 2.58. The van der Waals surface area contributed by atoms with E-state index in [1.165, 1.54) is 0 Å². The predicted molar refractivity (Wildman–Crippen MR) is 127 cm³/mol. The Kier molecular flexibility index (Phi) is 4.50. The van der Waals surface area contributed by atoms with E-state index in [1.54, 1.807) is 0 Å². The third-order valence-electron chi connectivity index (χ3n) is 7.76. The third kappa shape index (κ3) is 2.85. The molecule has 33 heavy (non-hydrogen) atoms. The number of aliphatic hydroxyl groups is 1. The fraction of sp³-hybridized carbons (Fsp3) is 0.393. The predicted octanol–water partition coefficient (Wildman–Crippen LogP) is 5.16. The molecule has 5 atom stereocenters. The summed E-state index contributed by atoms with van der Waals surface area (Å²) in [5, 5.41) is 11.4. The van der Waals surface area contributed by atoms with E-state index in [0.717, 1.165) is 57.5 Å². The van der Waals surface area contributed by atoms with Crippen molar-refractivity contribution in [1.82, 2.24) is 9.97 Å². The number of para-hydroxylation sites is 2. The Labute approximate surface area is 193 Å². The molecule has 0 amide bonds. The second-order valence-electron chi connectivity index (χ2n) is 9.83. The van der Waals surface area contributed by atoms with Gasteiger partial charge in [-0.2, -0.15) is 0 Å². The summed E-state index contributed by atoms with van der Waals surface area (Å²) in [5.41, 5.74) is 8.30. The van der Waals surface area contributed by atoms with E-state index in [9.17, 15) is 9.90 Å². The van der Waals surface area contributed by atoms with E-state index in [0.29, 0.717) is 5.57 Å². The van der Waals surface area contributed by atoms with Crippen molar-refractivity contribution in [1.29, 1.82) is 0 Å². The summed E-state index contributed by atoms with van der Waals surface area (Å²) in [4.78, 5) is 23.5. The fourth-order valence-electron chi connectivity index (χ4n) is 6.56. The van der Waals surface area contributed by atoms with Gasteiger partial charge in [-0.3, -0.25) is 4.79 Å². The van der Waals surface area contributed by atoms with Crippen molar-refractivity contribution in [3.8, 4) is 0 Å². The van der Waals surface area contributed by atoms with Crippen LogP contribution in [0.1, 0.15) is 52.9 Å². The molecule has 168 valence electrons. The summed E-state index contributed by atoms with van der Waals surface area (Å²) in [5.74, 6) is -0.366. The molecular formula is C28H28N2O3. The Morgan fingerprint density at radius 3 is 2.36 bits per heavy atom. The minimum absolute atomic E-state index is 0.0258. The van der Waals surface area contributed by atoms with E-state index in [-0.39, 0.29) is 41.5 Å². The molecule has 1 N–H and O–H groups in total. The van der Waals surface area contributed by atoms with Gasteiger partial charge < -0.3 is 9.84 Å². The SMILES string of the molecule is CCc1nc2ccccc2nc1[C@@H]1C[C@@H]2O[C@H]1[C@H]1C(O)=C(c3c(C)cc(C)cc3C)C(=O)[C@H]12. The number of ether oxygens (including phenoxy) is 1. The lowest BCUT2D eigenvalue weighted by Gasteiger charge is -2.28. The molecule has 1 aromatic heterocycles. The van der Waals surface area contributed by atoms with Gasteiger partial charge in [-0.25, -0.2) is 9.97 Å². The minimum atomic E-state index is -0.311. The number of benzene rings is 2. The molecule has 2 aliphatic heterocycles. The highest BCUT2D eigenvalue weighted by atomic mass is 16.5. The number of rotatable bonds is 3. The van der Waals surface area contributed by atoms with Crippen LogP contribution in [-0.4, -0.2) is 33.1 Å². The van der Waals surface area contributed by atoms with Crippen LogP contribution < -0.4 is 0 Å². The van der Waals surface area contributed by atoms with E-state index in [2.05, 4.69) is 26.0 Å². The van der Waals surface area contributed by atoms with Gasteiger partial charge in [0.2, 0.25) is 0 Å². The number of allylic oxidation sites excluding steroid dienone is 1. The van der Waals surface area contributed by atoms with Crippen LogP contribution in [0.25, 0.3) is 16.6 Å². The molecule has 0 unspecified atom stereocenters. The van der Waals surface area contributed by atoms with Gasteiger partial charge >= 0.3 is 0 Å². The zero-order valence-corrected chi connectivity index (χ0v) is 19.4. The molecule has 0 spiro atoms. The van der Waals surface area contributed by atoms with E-state index in [4.69, 9.17) is 14.7 Å². The van der Waals surface area contributed by atoms with Crippen molar-refractivity contribution in [3.05, 3.63) is 75.8 Å². The highest BCUT2D eigenvalue weighted by molar-refractivity contribution is 6.26. The summed E-state index contributed by atoms with van der Waals surface area (Å²) in [7, 11) is 0. The first-order chi connectivity index (χ1) is 15.9. The number of Topliss-reactive ketones (excluding diaryl/α,β-unsaturated/α-hetero) is 1. The number of fused-ring (bicyclic) bond motifs is 6. The quantitative estimate of drug-likeness (QED) is 0.609. The molecule has 6 rings (SSSR count). The lowest BCUT2D eigenvalue weighted by molar-refractivity contribution is -0.118. The summed E-state index contributed by atoms with van der Waals surface area (Å²) >= 11 is 0. The number of hydrogen-bond acceptors (Lipinski definition) is 5. The zero-order chi connectivity index (χ0) is 23.0. The van der Waals surface area contributed by atoms with E-state index in [1.807, 2.05) is 38.1 Å². The molecule has 0 radical (unpaired) electrons. The molecule has 5 heteroatoms. The van der Waals surface area contributed by atoms with Crippen molar-refractivity contribution >= 4 is 22.4 Å². The molecular weight excluding hydrogens is 412 g/mol. The molecule has 3 heterocycles. The minimum Gasteiger partial charge on any atom is -0.511 e. The van der Waals surface area contributed by atoms with Crippen LogP contribution in [0.3, 0.4) is 0 Å². The lowest BCUT2D eigenvalue weighted by Crippen LogP contribution is -2.34. The van der Waals surface area contributed by atoms with Gasteiger partial charge in [0.05, 0.1) is 52.0 Å². The first-order valence-corrected chi connectivity index (χ1v) is 11.9. The van der Waals surface area contributed by atoms with Crippen LogP contribution in [-0.2, 0) is 16.0 Å². The average molecular weight is 441 g/mol. The van der Waals surface area contributed by atoms with Gasteiger partial charge in [0, 0.05) is 5.92 Å². The Morgan fingerprint density at radius 1 is 1.03 bits per heavy atom.